The van der Waals surface area contributed by atoms with Gasteiger partial charge in [0.05, 0.1) is 10.6 Å². The van der Waals surface area contributed by atoms with Gasteiger partial charge in [0.2, 0.25) is 11.8 Å². The predicted molar refractivity (Wildman–Crippen MR) is 138 cm³/mol. The van der Waals surface area contributed by atoms with E-state index in [0.29, 0.717) is 30.1 Å². The highest BCUT2D eigenvalue weighted by Crippen LogP contribution is 2.42. The number of rotatable bonds is 9. The number of anilines is 1. The Morgan fingerprint density at radius 1 is 1.03 bits per heavy atom. The van der Waals surface area contributed by atoms with Gasteiger partial charge in [-0.25, -0.2) is 8.42 Å². The summed E-state index contributed by atoms with van der Waals surface area (Å²) in [6.45, 7) is 6.54. The lowest BCUT2D eigenvalue weighted by molar-refractivity contribution is -0.140. The van der Waals surface area contributed by atoms with Crippen molar-refractivity contribution in [2.75, 3.05) is 17.4 Å². The molecule has 3 aromatic rings. The summed E-state index contributed by atoms with van der Waals surface area (Å²) in [6.07, 6.45) is 0.475. The molecule has 4 rings (SSSR count). The van der Waals surface area contributed by atoms with E-state index in [9.17, 15) is 18.0 Å². The van der Waals surface area contributed by atoms with Gasteiger partial charge < -0.3 is 10.2 Å². The molecule has 0 fully saturated rings. The van der Waals surface area contributed by atoms with E-state index in [1.165, 1.54) is 4.31 Å². The van der Waals surface area contributed by atoms with E-state index in [1.54, 1.807) is 30.0 Å². The molecule has 8 heteroatoms. The first-order chi connectivity index (χ1) is 16.7. The summed E-state index contributed by atoms with van der Waals surface area (Å²) >= 11 is 0. The minimum absolute atomic E-state index is 0.133. The van der Waals surface area contributed by atoms with Crippen LogP contribution in [0.3, 0.4) is 0 Å². The molecule has 0 aliphatic carbocycles. The van der Waals surface area contributed by atoms with Gasteiger partial charge in [-0.1, -0.05) is 54.1 Å². The van der Waals surface area contributed by atoms with Crippen LogP contribution in [-0.2, 0) is 26.2 Å². The number of carbonyl (C=O) groups excluding carboxylic acids is 2. The van der Waals surface area contributed by atoms with Crippen molar-refractivity contribution in [2.45, 2.75) is 51.1 Å². The third-order valence-corrected chi connectivity index (χ3v) is 8.28. The summed E-state index contributed by atoms with van der Waals surface area (Å²) in [4.78, 5) is 27.7. The lowest BCUT2D eigenvalue weighted by Crippen LogP contribution is -2.47. The number of likely N-dealkylation sites (N-methyl/N-ethyl adjacent to an activating group) is 1. The molecule has 1 heterocycles. The number of amides is 2. The molecule has 1 atom stereocenters. The number of hydrogen-bond donors (Lipinski definition) is 1. The van der Waals surface area contributed by atoms with Crippen LogP contribution in [0, 0.1) is 6.92 Å². The number of carbonyl (C=O) groups is 2. The average molecular weight is 494 g/mol. The topological polar surface area (TPSA) is 86.8 Å². The molecule has 0 saturated heterocycles. The number of aryl methyl sites for hydroxylation is 1. The molecule has 0 aromatic heterocycles. The third kappa shape index (κ3) is 4.89. The summed E-state index contributed by atoms with van der Waals surface area (Å²) < 4.78 is 27.8. The maximum atomic E-state index is 13.3. The fourth-order valence-corrected chi connectivity index (χ4v) is 6.26. The minimum atomic E-state index is -3.66. The van der Waals surface area contributed by atoms with Gasteiger partial charge in [-0.05, 0) is 50.3 Å². The van der Waals surface area contributed by atoms with Gasteiger partial charge in [-0.2, -0.15) is 0 Å². The van der Waals surface area contributed by atoms with Crippen molar-refractivity contribution in [1.29, 1.82) is 0 Å². The van der Waals surface area contributed by atoms with Gasteiger partial charge in [0, 0.05) is 31.4 Å². The Balaban J connectivity index is 1.49. The molecule has 184 valence electrons. The summed E-state index contributed by atoms with van der Waals surface area (Å²) in [7, 11) is -3.66. The molecular formula is C27H31N3O4S. The number of sulfonamides is 1. The zero-order valence-electron chi connectivity index (χ0n) is 20.3. The van der Waals surface area contributed by atoms with Gasteiger partial charge in [-0.3, -0.25) is 13.9 Å². The molecule has 7 nitrogen and oxygen atoms in total. The maximum absolute atomic E-state index is 13.3. The van der Waals surface area contributed by atoms with Crippen LogP contribution in [0.4, 0.5) is 5.69 Å². The molecule has 1 aliphatic rings. The van der Waals surface area contributed by atoms with E-state index < -0.39 is 16.1 Å². The Morgan fingerprint density at radius 3 is 2.40 bits per heavy atom. The zero-order valence-corrected chi connectivity index (χ0v) is 21.1. The zero-order chi connectivity index (χ0) is 25.2. The molecule has 2 amide bonds. The predicted octanol–water partition coefficient (Wildman–Crippen LogP) is 3.99. The largest absolute Gasteiger partial charge is 0.355 e. The molecule has 1 aliphatic heterocycles. The maximum Gasteiger partial charge on any atom is 0.265 e. The molecule has 0 spiro atoms. The van der Waals surface area contributed by atoms with Gasteiger partial charge in [0.25, 0.3) is 10.0 Å². The van der Waals surface area contributed by atoms with E-state index in [2.05, 4.69) is 5.32 Å². The lowest BCUT2D eigenvalue weighted by Gasteiger charge is -2.29. The summed E-state index contributed by atoms with van der Waals surface area (Å²) in [5, 5.41) is 4.39. The van der Waals surface area contributed by atoms with Crippen LogP contribution in [0.15, 0.2) is 65.6 Å². The van der Waals surface area contributed by atoms with E-state index in [4.69, 9.17) is 0 Å². The normalized spacial score (nSPS) is 14.7. The highest BCUT2D eigenvalue weighted by Gasteiger charge is 2.35. The fourth-order valence-electron chi connectivity index (χ4n) is 4.51. The number of nitrogens with one attached hydrogen (secondary N) is 1. The van der Waals surface area contributed by atoms with Gasteiger partial charge in [0.15, 0.2) is 0 Å². The minimum Gasteiger partial charge on any atom is -0.355 e. The summed E-state index contributed by atoms with van der Waals surface area (Å²) in [6, 6.07) is 18.0. The average Bonchev–Trinajstić information content (AvgIpc) is 3.06. The SMILES string of the molecule is CCNC(=O)[C@@H](C)N(Cc1ccc(C)cc1)C(=O)CCCN1c2cccc3cccc(c23)S1(=O)=O. The molecule has 35 heavy (non-hydrogen) atoms. The molecular weight excluding hydrogens is 462 g/mol. The van der Waals surface area contributed by atoms with Crippen LogP contribution in [0.1, 0.15) is 37.8 Å². The van der Waals surface area contributed by atoms with Crippen LogP contribution in [0.2, 0.25) is 0 Å². The summed E-state index contributed by atoms with van der Waals surface area (Å²) in [5.41, 5.74) is 2.70. The quantitative estimate of drug-likeness (QED) is 0.488. The van der Waals surface area contributed by atoms with Crippen LogP contribution in [-0.4, -0.2) is 44.3 Å². The van der Waals surface area contributed by atoms with Gasteiger partial charge in [0.1, 0.15) is 6.04 Å². The molecule has 3 aromatic carbocycles. The number of benzene rings is 3. The number of nitrogens with zero attached hydrogens (tertiary/aromatic N) is 2. The molecule has 0 unspecified atom stereocenters. The first-order valence-electron chi connectivity index (χ1n) is 11.9. The Hall–Kier alpha value is -3.39. The highest BCUT2D eigenvalue weighted by molar-refractivity contribution is 7.93. The van der Waals surface area contributed by atoms with E-state index in [1.807, 2.05) is 56.3 Å². The molecule has 0 bridgehead atoms. The second-order valence-electron chi connectivity index (χ2n) is 8.89. The Morgan fingerprint density at radius 2 is 1.71 bits per heavy atom. The van der Waals surface area contributed by atoms with Crippen LogP contribution in [0.25, 0.3) is 10.8 Å². The molecule has 0 saturated carbocycles. The summed E-state index contributed by atoms with van der Waals surface area (Å²) in [5.74, 6) is -0.395. The van der Waals surface area contributed by atoms with E-state index >= 15 is 0 Å². The van der Waals surface area contributed by atoms with Crippen molar-refractivity contribution in [3.63, 3.8) is 0 Å². The smallest absolute Gasteiger partial charge is 0.265 e. The van der Waals surface area contributed by atoms with Crippen molar-refractivity contribution in [3.05, 3.63) is 71.8 Å². The molecule has 1 N–H and O–H groups in total. The highest BCUT2D eigenvalue weighted by atomic mass is 32.2. The van der Waals surface area contributed by atoms with Crippen LogP contribution < -0.4 is 9.62 Å². The van der Waals surface area contributed by atoms with Crippen molar-refractivity contribution >= 4 is 38.3 Å². The molecule has 0 radical (unpaired) electrons. The standard InChI is InChI=1S/C27H31N3O4S/c1-4-28-27(32)20(3)29(18-21-15-13-19(2)14-16-21)25(31)12-7-17-30-23-10-5-8-22-9-6-11-24(26(22)23)35(30,33)34/h5-6,8-11,13-16,20H,4,7,12,17-18H2,1-3H3,(H,28,32)/t20-/m1/s1. The second-order valence-corrected chi connectivity index (χ2v) is 10.7. The lowest BCUT2D eigenvalue weighted by atomic mass is 10.1. The number of hydrogen-bond acceptors (Lipinski definition) is 4. The van der Waals surface area contributed by atoms with Crippen molar-refractivity contribution in [1.82, 2.24) is 10.2 Å². The fraction of sp³-hybridized carbons (Fsp3) is 0.333. The third-order valence-electron chi connectivity index (χ3n) is 6.42. The van der Waals surface area contributed by atoms with Gasteiger partial charge >= 0.3 is 0 Å². The first-order valence-corrected chi connectivity index (χ1v) is 13.3. The van der Waals surface area contributed by atoms with E-state index in [-0.39, 0.29) is 24.8 Å². The monoisotopic (exact) mass is 493 g/mol. The second kappa shape index (κ2) is 10.1. The van der Waals surface area contributed by atoms with Crippen molar-refractivity contribution in [3.8, 4) is 0 Å². The van der Waals surface area contributed by atoms with E-state index in [0.717, 1.165) is 21.9 Å². The Labute approximate surface area is 206 Å². The van der Waals surface area contributed by atoms with Gasteiger partial charge in [-0.15, -0.1) is 0 Å². The van der Waals surface area contributed by atoms with Crippen molar-refractivity contribution < 1.29 is 18.0 Å². The van der Waals surface area contributed by atoms with Crippen LogP contribution >= 0.6 is 0 Å². The van der Waals surface area contributed by atoms with Crippen molar-refractivity contribution in [2.24, 2.45) is 0 Å². The van der Waals surface area contributed by atoms with Crippen LogP contribution in [0.5, 0.6) is 0 Å². The Kier molecular flexibility index (Phi) is 7.12. The first kappa shape index (κ1) is 24.7. The Bertz CT molecular complexity index is 1350.